The van der Waals surface area contributed by atoms with E-state index in [1.54, 1.807) is 12.1 Å². The third-order valence-electron chi connectivity index (χ3n) is 5.24. The van der Waals surface area contributed by atoms with Crippen molar-refractivity contribution in [2.24, 2.45) is 5.92 Å². The molecule has 2 aromatic carbocycles. The highest BCUT2D eigenvalue weighted by atomic mass is 32.2. The molecule has 152 valence electrons. The van der Waals surface area contributed by atoms with Crippen molar-refractivity contribution >= 4 is 26.7 Å². The van der Waals surface area contributed by atoms with Gasteiger partial charge in [0.15, 0.2) is 0 Å². The number of rotatable bonds is 6. The zero-order valence-electron chi connectivity index (χ0n) is 16.8. The van der Waals surface area contributed by atoms with Gasteiger partial charge in [0.05, 0.1) is 10.9 Å². The fourth-order valence-corrected chi connectivity index (χ4v) is 4.88. The Morgan fingerprint density at radius 1 is 1.00 bits per heavy atom. The minimum atomic E-state index is -3.54. The van der Waals surface area contributed by atoms with E-state index in [9.17, 15) is 13.2 Å². The van der Waals surface area contributed by atoms with Crippen molar-refractivity contribution in [2.75, 3.05) is 32.7 Å². The number of hydrogen-bond acceptors (Lipinski definition) is 4. The Kier molecular flexibility index (Phi) is 6.37. The van der Waals surface area contributed by atoms with Crippen LogP contribution in [0.1, 0.15) is 20.8 Å². The van der Waals surface area contributed by atoms with Crippen LogP contribution < -0.4 is 5.32 Å². The molecule has 1 saturated heterocycles. The Balaban J connectivity index is 1.65. The van der Waals surface area contributed by atoms with Crippen molar-refractivity contribution in [1.82, 2.24) is 14.5 Å². The van der Waals surface area contributed by atoms with E-state index in [2.05, 4.69) is 19.2 Å². The molecule has 6 nitrogen and oxygen atoms in total. The second-order valence-corrected chi connectivity index (χ2v) is 9.70. The molecule has 0 unspecified atom stereocenters. The van der Waals surface area contributed by atoms with Gasteiger partial charge in [-0.25, -0.2) is 8.42 Å². The summed E-state index contributed by atoms with van der Waals surface area (Å²) in [7, 11) is -3.54. The molecular formula is C21H29N3O3S. The number of nitrogens with one attached hydrogen (secondary N) is 1. The largest absolute Gasteiger partial charge is 0.354 e. The van der Waals surface area contributed by atoms with Crippen LogP contribution >= 0.6 is 0 Å². The zero-order chi connectivity index (χ0) is 20.3. The number of carbonyl (C=O) groups excluding carboxylic acids is 1. The van der Waals surface area contributed by atoms with Gasteiger partial charge < -0.3 is 5.32 Å². The number of amides is 1. The molecule has 28 heavy (non-hydrogen) atoms. The molecule has 7 heteroatoms. The van der Waals surface area contributed by atoms with Gasteiger partial charge in [-0.05, 0) is 35.7 Å². The number of nitrogens with zero attached hydrogens (tertiary/aromatic N) is 2. The van der Waals surface area contributed by atoms with Crippen LogP contribution in [0.2, 0.25) is 0 Å². The fraction of sp³-hybridized carbons (Fsp3) is 0.476. The highest BCUT2D eigenvalue weighted by Crippen LogP contribution is 2.23. The number of piperazine rings is 1. The predicted octanol–water partition coefficient (Wildman–Crippen LogP) is 2.31. The van der Waals surface area contributed by atoms with Crippen molar-refractivity contribution in [3.8, 4) is 0 Å². The van der Waals surface area contributed by atoms with E-state index >= 15 is 0 Å². The predicted molar refractivity (Wildman–Crippen MR) is 112 cm³/mol. The summed E-state index contributed by atoms with van der Waals surface area (Å²) in [6.07, 6.45) is 0. The Morgan fingerprint density at radius 2 is 1.64 bits per heavy atom. The number of hydrogen-bond donors (Lipinski definition) is 1. The molecule has 0 radical (unpaired) electrons. The number of carbonyl (C=O) groups is 1. The molecule has 0 saturated carbocycles. The SMILES string of the molecule is CC(C)CNC(=O)[C@H](C)N1CCN(S(=O)(=O)c2ccc3ccccc3c2)CC1. The molecule has 1 heterocycles. The van der Waals surface area contributed by atoms with E-state index in [1.807, 2.05) is 42.2 Å². The Hall–Kier alpha value is -1.96. The Morgan fingerprint density at radius 3 is 2.29 bits per heavy atom. The van der Waals surface area contributed by atoms with Gasteiger partial charge in [-0.15, -0.1) is 0 Å². The number of fused-ring (bicyclic) bond motifs is 1. The first-order valence-corrected chi connectivity index (χ1v) is 11.2. The summed E-state index contributed by atoms with van der Waals surface area (Å²) < 4.78 is 27.6. The Bertz CT molecular complexity index is 935. The maximum absolute atomic E-state index is 13.0. The third kappa shape index (κ3) is 4.54. The van der Waals surface area contributed by atoms with Gasteiger partial charge in [0.25, 0.3) is 0 Å². The first kappa shape index (κ1) is 20.8. The summed E-state index contributed by atoms with van der Waals surface area (Å²) >= 11 is 0. The maximum atomic E-state index is 13.0. The van der Waals surface area contributed by atoms with Crippen molar-refractivity contribution in [1.29, 1.82) is 0 Å². The van der Waals surface area contributed by atoms with Gasteiger partial charge in [0.2, 0.25) is 15.9 Å². The van der Waals surface area contributed by atoms with Crippen LogP contribution in [0.4, 0.5) is 0 Å². The van der Waals surface area contributed by atoms with E-state index < -0.39 is 10.0 Å². The molecule has 1 aliphatic rings. The lowest BCUT2D eigenvalue weighted by molar-refractivity contribution is -0.126. The smallest absolute Gasteiger partial charge is 0.243 e. The van der Waals surface area contributed by atoms with Gasteiger partial charge >= 0.3 is 0 Å². The molecule has 2 aromatic rings. The topological polar surface area (TPSA) is 69.7 Å². The third-order valence-corrected chi connectivity index (χ3v) is 7.14. The van der Waals surface area contributed by atoms with Gasteiger partial charge in [0, 0.05) is 32.7 Å². The fourth-order valence-electron chi connectivity index (χ4n) is 3.43. The normalized spacial score (nSPS) is 17.7. The van der Waals surface area contributed by atoms with E-state index in [1.165, 1.54) is 4.31 Å². The van der Waals surface area contributed by atoms with Gasteiger partial charge in [-0.2, -0.15) is 4.31 Å². The molecule has 1 N–H and O–H groups in total. The minimum Gasteiger partial charge on any atom is -0.354 e. The molecule has 3 rings (SSSR count). The molecule has 0 aromatic heterocycles. The minimum absolute atomic E-state index is 0.000429. The second kappa shape index (κ2) is 8.59. The maximum Gasteiger partial charge on any atom is 0.243 e. The van der Waals surface area contributed by atoms with Crippen LogP contribution in [0, 0.1) is 5.92 Å². The highest BCUT2D eigenvalue weighted by molar-refractivity contribution is 7.89. The first-order valence-electron chi connectivity index (χ1n) is 9.80. The molecule has 1 atom stereocenters. The quantitative estimate of drug-likeness (QED) is 0.804. The summed E-state index contributed by atoms with van der Waals surface area (Å²) in [6.45, 7) is 8.51. The lowest BCUT2D eigenvalue weighted by Gasteiger charge is -2.36. The summed E-state index contributed by atoms with van der Waals surface area (Å²) in [6, 6.07) is 12.7. The van der Waals surface area contributed by atoms with Crippen LogP contribution in [0.5, 0.6) is 0 Å². The molecular weight excluding hydrogens is 374 g/mol. The molecule has 0 spiro atoms. The molecule has 1 aliphatic heterocycles. The first-order chi connectivity index (χ1) is 13.3. The van der Waals surface area contributed by atoms with Crippen molar-refractivity contribution in [3.63, 3.8) is 0 Å². The monoisotopic (exact) mass is 403 g/mol. The summed E-state index contributed by atoms with van der Waals surface area (Å²) in [5.41, 5.74) is 0. The lowest BCUT2D eigenvalue weighted by Crippen LogP contribution is -2.55. The van der Waals surface area contributed by atoms with Crippen molar-refractivity contribution in [2.45, 2.75) is 31.7 Å². The van der Waals surface area contributed by atoms with Gasteiger partial charge in [-0.1, -0.05) is 44.2 Å². The zero-order valence-corrected chi connectivity index (χ0v) is 17.6. The number of sulfonamides is 1. The van der Waals surface area contributed by atoms with Crippen molar-refractivity contribution in [3.05, 3.63) is 42.5 Å². The molecule has 1 amide bonds. The van der Waals surface area contributed by atoms with Crippen LogP contribution in [0.3, 0.4) is 0 Å². The molecule has 0 bridgehead atoms. The lowest BCUT2D eigenvalue weighted by atomic mass is 10.1. The van der Waals surface area contributed by atoms with Crippen LogP contribution in [-0.2, 0) is 14.8 Å². The van der Waals surface area contributed by atoms with Gasteiger partial charge in [-0.3, -0.25) is 9.69 Å². The van der Waals surface area contributed by atoms with E-state index in [0.29, 0.717) is 43.5 Å². The highest BCUT2D eigenvalue weighted by Gasteiger charge is 2.31. The van der Waals surface area contributed by atoms with Crippen LogP contribution in [0.15, 0.2) is 47.4 Å². The van der Waals surface area contributed by atoms with E-state index in [-0.39, 0.29) is 11.9 Å². The summed E-state index contributed by atoms with van der Waals surface area (Å²) in [5.74, 6) is 0.402. The summed E-state index contributed by atoms with van der Waals surface area (Å²) in [4.78, 5) is 14.7. The standard InChI is InChI=1S/C21H29N3O3S/c1-16(2)15-22-21(25)17(3)23-10-12-24(13-11-23)28(26,27)20-9-8-18-6-4-5-7-19(18)14-20/h4-9,14,16-17H,10-13,15H2,1-3H3,(H,22,25)/t17-/m0/s1. The second-order valence-electron chi connectivity index (χ2n) is 7.76. The van der Waals surface area contributed by atoms with Gasteiger partial charge in [0.1, 0.15) is 0 Å². The van der Waals surface area contributed by atoms with Crippen LogP contribution in [-0.4, -0.2) is 62.3 Å². The number of benzene rings is 2. The molecule has 1 fully saturated rings. The van der Waals surface area contributed by atoms with Crippen molar-refractivity contribution < 1.29 is 13.2 Å². The van der Waals surface area contributed by atoms with E-state index in [0.717, 1.165) is 10.8 Å². The van der Waals surface area contributed by atoms with E-state index in [4.69, 9.17) is 0 Å². The molecule has 0 aliphatic carbocycles. The summed E-state index contributed by atoms with van der Waals surface area (Å²) in [5, 5.41) is 4.89. The average molecular weight is 404 g/mol. The average Bonchev–Trinajstić information content (AvgIpc) is 2.71. The Labute approximate surface area is 167 Å². The van der Waals surface area contributed by atoms with Crippen LogP contribution in [0.25, 0.3) is 10.8 Å².